The van der Waals surface area contributed by atoms with Gasteiger partial charge in [0.1, 0.15) is 5.82 Å². The lowest BCUT2D eigenvalue weighted by atomic mass is 10.2. The Balaban J connectivity index is 1.58. The van der Waals surface area contributed by atoms with Gasteiger partial charge < -0.3 is 15.2 Å². The molecular weight excluding hydrogens is 348 g/mol. The second-order valence-corrected chi connectivity index (χ2v) is 7.31. The zero-order valence-electron chi connectivity index (χ0n) is 14.9. The molecule has 0 bridgehead atoms. The Bertz CT molecular complexity index is 934. The number of amides is 1. The summed E-state index contributed by atoms with van der Waals surface area (Å²) in [7, 11) is 4.00. The lowest BCUT2D eigenvalue weighted by molar-refractivity contribution is -0.121. The van der Waals surface area contributed by atoms with Crippen molar-refractivity contribution < 1.29 is 4.79 Å². The fourth-order valence-electron chi connectivity index (χ4n) is 2.80. The molecule has 136 valence electrons. The first-order valence-electron chi connectivity index (χ1n) is 8.49. The zero-order valence-corrected chi connectivity index (χ0v) is 15.7. The van der Waals surface area contributed by atoms with E-state index in [1.165, 1.54) is 4.88 Å². The van der Waals surface area contributed by atoms with Crippen LogP contribution in [-0.2, 0) is 11.2 Å². The van der Waals surface area contributed by atoms with Gasteiger partial charge >= 0.3 is 0 Å². The molecule has 0 saturated carbocycles. The topological polar surface area (TPSA) is 78.1 Å². The van der Waals surface area contributed by atoms with E-state index in [9.17, 15) is 9.59 Å². The van der Waals surface area contributed by atoms with E-state index in [1.807, 2.05) is 31.6 Å². The van der Waals surface area contributed by atoms with Crippen molar-refractivity contribution in [2.24, 2.45) is 0 Å². The molecule has 3 aromatic rings. The molecule has 2 N–H and O–H groups in total. The first-order valence-corrected chi connectivity index (χ1v) is 9.37. The number of aromatic amines is 1. The third kappa shape index (κ3) is 4.36. The average molecular weight is 370 g/mol. The number of likely N-dealkylation sites (N-methyl/N-ethyl adjacent to an activating group) is 1. The smallest absolute Gasteiger partial charge is 0.258 e. The van der Waals surface area contributed by atoms with Crippen molar-refractivity contribution in [3.05, 3.63) is 62.8 Å². The van der Waals surface area contributed by atoms with Gasteiger partial charge in [-0.3, -0.25) is 9.59 Å². The highest BCUT2D eigenvalue weighted by Crippen LogP contribution is 2.22. The van der Waals surface area contributed by atoms with Crippen LogP contribution in [0.3, 0.4) is 0 Å². The van der Waals surface area contributed by atoms with Gasteiger partial charge in [-0.15, -0.1) is 11.3 Å². The Labute approximate surface area is 155 Å². The summed E-state index contributed by atoms with van der Waals surface area (Å²) < 4.78 is 0. The van der Waals surface area contributed by atoms with Crippen molar-refractivity contribution in [3.63, 3.8) is 0 Å². The number of hydrogen-bond acceptors (Lipinski definition) is 5. The fourth-order valence-corrected chi connectivity index (χ4v) is 3.73. The third-order valence-corrected chi connectivity index (χ3v) is 5.21. The number of benzene rings is 1. The van der Waals surface area contributed by atoms with E-state index in [0.29, 0.717) is 29.7 Å². The van der Waals surface area contributed by atoms with E-state index in [4.69, 9.17) is 0 Å². The number of hydrogen-bond donors (Lipinski definition) is 2. The number of thiophene rings is 1. The van der Waals surface area contributed by atoms with E-state index in [1.54, 1.807) is 29.5 Å². The van der Waals surface area contributed by atoms with Gasteiger partial charge in [-0.1, -0.05) is 18.2 Å². The van der Waals surface area contributed by atoms with Gasteiger partial charge in [0.2, 0.25) is 5.91 Å². The molecule has 0 fully saturated rings. The Morgan fingerprint density at radius 3 is 2.81 bits per heavy atom. The highest BCUT2D eigenvalue weighted by Gasteiger charge is 2.16. The number of nitrogens with one attached hydrogen (secondary N) is 2. The van der Waals surface area contributed by atoms with Crippen LogP contribution in [-0.4, -0.2) is 41.4 Å². The molecule has 0 aliphatic heterocycles. The summed E-state index contributed by atoms with van der Waals surface area (Å²) in [6.45, 7) is 0.550. The van der Waals surface area contributed by atoms with E-state index >= 15 is 0 Å². The monoisotopic (exact) mass is 370 g/mol. The van der Waals surface area contributed by atoms with Gasteiger partial charge in [-0.25, -0.2) is 4.98 Å². The number of carbonyl (C=O) groups excluding carboxylic acids is 1. The van der Waals surface area contributed by atoms with E-state index in [-0.39, 0.29) is 23.9 Å². The van der Waals surface area contributed by atoms with Crippen LogP contribution in [0.2, 0.25) is 0 Å². The summed E-state index contributed by atoms with van der Waals surface area (Å²) in [4.78, 5) is 34.8. The SMILES string of the molecule is CN(C)[C@H](CNC(=O)CCc1nc2ccccc2c(=O)[nH]1)c1cccs1. The lowest BCUT2D eigenvalue weighted by Gasteiger charge is -2.23. The molecule has 1 atom stereocenters. The Hall–Kier alpha value is -2.51. The predicted molar refractivity (Wildman–Crippen MR) is 104 cm³/mol. The van der Waals surface area contributed by atoms with Crippen LogP contribution in [0.1, 0.15) is 23.2 Å². The van der Waals surface area contributed by atoms with Crippen molar-refractivity contribution in [2.45, 2.75) is 18.9 Å². The first kappa shape index (κ1) is 18.3. The number of rotatable bonds is 7. The number of H-pyrrole nitrogens is 1. The van der Waals surface area contributed by atoms with Crippen LogP contribution in [0.4, 0.5) is 0 Å². The summed E-state index contributed by atoms with van der Waals surface area (Å²) in [5.74, 6) is 0.482. The van der Waals surface area contributed by atoms with Crippen molar-refractivity contribution in [1.29, 1.82) is 0 Å². The Morgan fingerprint density at radius 1 is 1.27 bits per heavy atom. The van der Waals surface area contributed by atoms with Gasteiger partial charge in [0.15, 0.2) is 0 Å². The molecule has 6 nitrogen and oxygen atoms in total. The summed E-state index contributed by atoms with van der Waals surface area (Å²) in [5.41, 5.74) is 0.480. The maximum absolute atomic E-state index is 12.2. The van der Waals surface area contributed by atoms with Crippen LogP contribution in [0.15, 0.2) is 46.6 Å². The molecule has 0 aliphatic rings. The zero-order chi connectivity index (χ0) is 18.5. The van der Waals surface area contributed by atoms with E-state index < -0.39 is 0 Å². The first-order chi connectivity index (χ1) is 12.5. The molecular formula is C19H22N4O2S. The lowest BCUT2D eigenvalue weighted by Crippen LogP contribution is -2.34. The summed E-state index contributed by atoms with van der Waals surface area (Å²) in [6, 6.07) is 11.4. The Kier molecular flexibility index (Phi) is 5.80. The number of carbonyl (C=O) groups is 1. The highest BCUT2D eigenvalue weighted by atomic mass is 32.1. The summed E-state index contributed by atoms with van der Waals surface area (Å²) >= 11 is 1.68. The van der Waals surface area contributed by atoms with Crippen molar-refractivity contribution in [2.75, 3.05) is 20.6 Å². The van der Waals surface area contributed by atoms with Gasteiger partial charge in [0.25, 0.3) is 5.56 Å². The number of aromatic nitrogens is 2. The number of para-hydroxylation sites is 1. The van der Waals surface area contributed by atoms with Gasteiger partial charge in [0, 0.05) is 24.3 Å². The standard InChI is InChI=1S/C19H22N4O2S/c1-23(2)15(16-8-5-11-26-16)12-20-18(24)10-9-17-21-14-7-4-3-6-13(14)19(25)22-17/h3-8,11,15H,9-10,12H2,1-2H3,(H,20,24)(H,21,22,25)/t15-/m1/s1. The quantitative estimate of drug-likeness (QED) is 0.669. The van der Waals surface area contributed by atoms with Crippen LogP contribution in [0, 0.1) is 0 Å². The van der Waals surface area contributed by atoms with Gasteiger partial charge in [0.05, 0.1) is 16.9 Å². The highest BCUT2D eigenvalue weighted by molar-refractivity contribution is 7.10. The van der Waals surface area contributed by atoms with Crippen molar-refractivity contribution in [3.8, 4) is 0 Å². The number of fused-ring (bicyclic) bond motifs is 1. The molecule has 0 radical (unpaired) electrons. The van der Waals surface area contributed by atoms with Crippen LogP contribution >= 0.6 is 11.3 Å². The van der Waals surface area contributed by atoms with E-state index in [0.717, 1.165) is 0 Å². The Morgan fingerprint density at radius 2 is 2.08 bits per heavy atom. The van der Waals surface area contributed by atoms with Crippen LogP contribution in [0.5, 0.6) is 0 Å². The maximum atomic E-state index is 12.2. The molecule has 0 unspecified atom stereocenters. The number of aryl methyl sites for hydroxylation is 1. The second-order valence-electron chi connectivity index (χ2n) is 6.33. The molecule has 0 spiro atoms. The average Bonchev–Trinajstić information content (AvgIpc) is 3.14. The fraction of sp³-hybridized carbons (Fsp3) is 0.316. The predicted octanol–water partition coefficient (Wildman–Crippen LogP) is 2.34. The molecule has 26 heavy (non-hydrogen) atoms. The minimum Gasteiger partial charge on any atom is -0.354 e. The van der Waals surface area contributed by atoms with Crippen molar-refractivity contribution in [1.82, 2.24) is 20.2 Å². The number of nitrogens with zero attached hydrogens (tertiary/aromatic N) is 2. The minimum absolute atomic E-state index is 0.0517. The molecule has 7 heteroatoms. The van der Waals surface area contributed by atoms with Crippen LogP contribution in [0.25, 0.3) is 10.9 Å². The van der Waals surface area contributed by atoms with Gasteiger partial charge in [-0.05, 0) is 37.7 Å². The molecule has 0 aliphatic carbocycles. The maximum Gasteiger partial charge on any atom is 0.258 e. The van der Waals surface area contributed by atoms with Gasteiger partial charge in [-0.2, -0.15) is 0 Å². The largest absolute Gasteiger partial charge is 0.354 e. The van der Waals surface area contributed by atoms with Crippen molar-refractivity contribution >= 4 is 28.1 Å². The molecule has 3 rings (SSSR count). The molecule has 0 saturated heterocycles. The summed E-state index contributed by atoms with van der Waals surface area (Å²) in [6.07, 6.45) is 0.684. The second kappa shape index (κ2) is 8.25. The van der Waals surface area contributed by atoms with Crippen LogP contribution < -0.4 is 10.9 Å². The molecule has 2 heterocycles. The van der Waals surface area contributed by atoms with E-state index in [2.05, 4.69) is 26.3 Å². The molecule has 1 amide bonds. The normalized spacial score (nSPS) is 12.4. The third-order valence-electron chi connectivity index (χ3n) is 4.24. The molecule has 1 aromatic carbocycles. The summed E-state index contributed by atoms with van der Waals surface area (Å²) in [5, 5.41) is 5.58. The minimum atomic E-state index is -0.170. The molecule has 2 aromatic heterocycles.